The SMILES string of the molecule is C=C=CC(=O)CCCCCC. The molecule has 0 saturated carbocycles. The van der Waals surface area contributed by atoms with Crippen LogP contribution in [-0.2, 0) is 4.79 Å². The summed E-state index contributed by atoms with van der Waals surface area (Å²) in [6.07, 6.45) is 6.68. The molecule has 0 aromatic carbocycles. The molecule has 0 heterocycles. The summed E-state index contributed by atoms with van der Waals surface area (Å²) in [5.41, 5.74) is 2.48. The summed E-state index contributed by atoms with van der Waals surface area (Å²) in [5.74, 6) is 0.149. The van der Waals surface area contributed by atoms with Crippen molar-refractivity contribution >= 4 is 5.78 Å². The van der Waals surface area contributed by atoms with Crippen LogP contribution in [0.15, 0.2) is 18.4 Å². The van der Waals surface area contributed by atoms with Crippen LogP contribution in [0, 0.1) is 0 Å². The topological polar surface area (TPSA) is 17.1 Å². The van der Waals surface area contributed by atoms with Gasteiger partial charge in [0.05, 0.1) is 0 Å². The van der Waals surface area contributed by atoms with Crippen LogP contribution in [0.4, 0.5) is 0 Å². The monoisotopic (exact) mass is 152 g/mol. The molecule has 0 aromatic heterocycles. The Hall–Kier alpha value is -0.810. The first-order valence-corrected chi connectivity index (χ1v) is 4.20. The van der Waals surface area contributed by atoms with Crippen molar-refractivity contribution in [2.45, 2.75) is 39.0 Å². The molecule has 0 amide bonds. The first kappa shape index (κ1) is 10.2. The Morgan fingerprint density at radius 3 is 2.73 bits per heavy atom. The van der Waals surface area contributed by atoms with E-state index in [1.54, 1.807) is 0 Å². The van der Waals surface area contributed by atoms with Crippen molar-refractivity contribution in [2.75, 3.05) is 0 Å². The maximum Gasteiger partial charge on any atom is 0.163 e. The number of allylic oxidation sites excluding steroid dienone is 1. The standard InChI is InChI=1S/C10H16O/c1-3-5-6-7-9-10(11)8-4-2/h8H,2-3,5-7,9H2,1H3. The molecule has 1 heteroatoms. The van der Waals surface area contributed by atoms with Crippen LogP contribution in [-0.4, -0.2) is 5.78 Å². The third kappa shape index (κ3) is 7.08. The second-order valence-electron chi connectivity index (χ2n) is 2.63. The number of rotatable bonds is 6. The molecule has 1 nitrogen and oxygen atoms in total. The number of carbonyl (C=O) groups excluding carboxylic acids is 1. The summed E-state index contributed by atoms with van der Waals surface area (Å²) in [6, 6.07) is 0. The van der Waals surface area contributed by atoms with E-state index in [1.165, 1.54) is 18.9 Å². The lowest BCUT2D eigenvalue weighted by Gasteiger charge is -1.94. The molecule has 11 heavy (non-hydrogen) atoms. The fraction of sp³-hybridized carbons (Fsp3) is 0.600. The van der Waals surface area contributed by atoms with E-state index in [-0.39, 0.29) is 5.78 Å². The van der Waals surface area contributed by atoms with Crippen molar-refractivity contribution in [3.05, 3.63) is 18.4 Å². The summed E-state index contributed by atoms with van der Waals surface area (Å²) >= 11 is 0. The minimum absolute atomic E-state index is 0.149. The van der Waals surface area contributed by atoms with E-state index >= 15 is 0 Å². The Bertz CT molecular complexity index is 152. The molecular weight excluding hydrogens is 136 g/mol. The molecule has 0 unspecified atom stereocenters. The lowest BCUT2D eigenvalue weighted by molar-refractivity contribution is -0.114. The number of carbonyl (C=O) groups is 1. The molecule has 0 saturated heterocycles. The molecule has 0 atom stereocenters. The Morgan fingerprint density at radius 1 is 1.45 bits per heavy atom. The van der Waals surface area contributed by atoms with Crippen molar-refractivity contribution in [2.24, 2.45) is 0 Å². The van der Waals surface area contributed by atoms with Gasteiger partial charge in [-0.25, -0.2) is 0 Å². The van der Waals surface area contributed by atoms with Crippen LogP contribution < -0.4 is 0 Å². The van der Waals surface area contributed by atoms with E-state index in [2.05, 4.69) is 19.2 Å². The summed E-state index contributed by atoms with van der Waals surface area (Å²) in [4.78, 5) is 10.8. The molecule has 0 aromatic rings. The molecule has 0 aliphatic heterocycles. The van der Waals surface area contributed by atoms with Gasteiger partial charge in [0, 0.05) is 12.5 Å². The zero-order valence-electron chi connectivity index (χ0n) is 7.23. The van der Waals surface area contributed by atoms with E-state index in [4.69, 9.17) is 0 Å². The average Bonchev–Trinajstić information content (AvgIpc) is 1.99. The van der Waals surface area contributed by atoms with Gasteiger partial charge in [0.2, 0.25) is 0 Å². The molecular formula is C10H16O. The van der Waals surface area contributed by atoms with E-state index < -0.39 is 0 Å². The first-order valence-electron chi connectivity index (χ1n) is 4.20. The fourth-order valence-corrected chi connectivity index (χ4v) is 0.912. The second-order valence-corrected chi connectivity index (χ2v) is 2.63. The quantitative estimate of drug-likeness (QED) is 0.325. The predicted molar refractivity (Wildman–Crippen MR) is 47.5 cm³/mol. The second kappa shape index (κ2) is 7.30. The summed E-state index contributed by atoms with van der Waals surface area (Å²) < 4.78 is 0. The van der Waals surface area contributed by atoms with Crippen LogP contribution in [0.3, 0.4) is 0 Å². The molecule has 0 radical (unpaired) electrons. The maximum absolute atomic E-state index is 10.8. The fourth-order valence-electron chi connectivity index (χ4n) is 0.912. The Balaban J connectivity index is 3.24. The van der Waals surface area contributed by atoms with Crippen molar-refractivity contribution < 1.29 is 4.79 Å². The molecule has 0 aliphatic rings. The number of hydrogen-bond acceptors (Lipinski definition) is 1. The average molecular weight is 152 g/mol. The number of unbranched alkanes of at least 4 members (excludes halogenated alkanes) is 3. The van der Waals surface area contributed by atoms with E-state index in [9.17, 15) is 4.79 Å². The van der Waals surface area contributed by atoms with Crippen LogP contribution in [0.5, 0.6) is 0 Å². The van der Waals surface area contributed by atoms with Gasteiger partial charge in [0.1, 0.15) is 0 Å². The molecule has 0 rings (SSSR count). The van der Waals surface area contributed by atoms with Gasteiger partial charge in [-0.05, 0) is 6.42 Å². The smallest absolute Gasteiger partial charge is 0.163 e. The Labute approximate surface area is 68.8 Å². The zero-order chi connectivity index (χ0) is 8.53. The highest BCUT2D eigenvalue weighted by molar-refractivity contribution is 5.89. The highest BCUT2D eigenvalue weighted by atomic mass is 16.1. The Kier molecular flexibility index (Phi) is 6.76. The molecule has 0 bridgehead atoms. The van der Waals surface area contributed by atoms with Crippen LogP contribution in [0.2, 0.25) is 0 Å². The van der Waals surface area contributed by atoms with Gasteiger partial charge in [-0.3, -0.25) is 4.79 Å². The number of hydrogen-bond donors (Lipinski definition) is 0. The van der Waals surface area contributed by atoms with Gasteiger partial charge in [-0.1, -0.05) is 32.8 Å². The van der Waals surface area contributed by atoms with Crippen molar-refractivity contribution in [1.82, 2.24) is 0 Å². The van der Waals surface area contributed by atoms with Gasteiger partial charge < -0.3 is 0 Å². The summed E-state index contributed by atoms with van der Waals surface area (Å²) in [7, 11) is 0. The number of ketones is 1. The third-order valence-electron chi connectivity index (χ3n) is 1.54. The van der Waals surface area contributed by atoms with Gasteiger partial charge in [-0.15, -0.1) is 5.73 Å². The lowest BCUT2D eigenvalue weighted by Crippen LogP contribution is -1.90. The van der Waals surface area contributed by atoms with Crippen molar-refractivity contribution in [1.29, 1.82) is 0 Å². The third-order valence-corrected chi connectivity index (χ3v) is 1.54. The molecule has 0 spiro atoms. The largest absolute Gasteiger partial charge is 0.294 e. The van der Waals surface area contributed by atoms with Gasteiger partial charge in [-0.2, -0.15) is 0 Å². The van der Waals surface area contributed by atoms with Crippen molar-refractivity contribution in [3.63, 3.8) is 0 Å². The highest BCUT2D eigenvalue weighted by Crippen LogP contribution is 2.02. The van der Waals surface area contributed by atoms with Crippen LogP contribution >= 0.6 is 0 Å². The van der Waals surface area contributed by atoms with E-state index in [1.807, 2.05) is 0 Å². The van der Waals surface area contributed by atoms with Gasteiger partial charge >= 0.3 is 0 Å². The molecule has 0 aliphatic carbocycles. The minimum atomic E-state index is 0.149. The Morgan fingerprint density at radius 2 is 2.18 bits per heavy atom. The maximum atomic E-state index is 10.8. The minimum Gasteiger partial charge on any atom is -0.294 e. The van der Waals surface area contributed by atoms with Gasteiger partial charge in [0.15, 0.2) is 5.78 Å². The lowest BCUT2D eigenvalue weighted by atomic mass is 10.1. The van der Waals surface area contributed by atoms with Crippen LogP contribution in [0.1, 0.15) is 39.0 Å². The molecule has 0 fully saturated rings. The summed E-state index contributed by atoms with van der Waals surface area (Å²) in [5, 5.41) is 0. The van der Waals surface area contributed by atoms with E-state index in [0.29, 0.717) is 6.42 Å². The molecule has 0 N–H and O–H groups in total. The van der Waals surface area contributed by atoms with Gasteiger partial charge in [0.25, 0.3) is 0 Å². The first-order chi connectivity index (χ1) is 5.31. The molecule has 62 valence electrons. The highest BCUT2D eigenvalue weighted by Gasteiger charge is 1.94. The normalized spacial score (nSPS) is 8.82. The zero-order valence-corrected chi connectivity index (χ0v) is 7.23. The van der Waals surface area contributed by atoms with E-state index in [0.717, 1.165) is 12.8 Å². The summed E-state index contributed by atoms with van der Waals surface area (Å²) in [6.45, 7) is 5.50. The van der Waals surface area contributed by atoms with Crippen LogP contribution in [0.25, 0.3) is 0 Å². The predicted octanol–water partition coefficient (Wildman–Crippen LogP) is 2.87. The van der Waals surface area contributed by atoms with Crippen molar-refractivity contribution in [3.8, 4) is 0 Å².